The van der Waals surface area contributed by atoms with Gasteiger partial charge in [-0.2, -0.15) is 0 Å². The first-order valence-corrected chi connectivity index (χ1v) is 9.26. The van der Waals surface area contributed by atoms with E-state index in [1.807, 2.05) is 36.4 Å². The van der Waals surface area contributed by atoms with Gasteiger partial charge >= 0.3 is 0 Å². The van der Waals surface area contributed by atoms with Gasteiger partial charge in [0.25, 0.3) is 0 Å². The Bertz CT molecular complexity index is 809. The molecule has 28 heavy (non-hydrogen) atoms. The van der Waals surface area contributed by atoms with Crippen molar-refractivity contribution in [2.75, 3.05) is 34.1 Å². The van der Waals surface area contributed by atoms with E-state index in [1.54, 1.807) is 14.2 Å². The molecule has 1 heterocycles. The molecule has 7 nitrogen and oxygen atoms in total. The minimum atomic E-state index is 0.0104. The molecule has 1 aliphatic heterocycles. The Morgan fingerprint density at radius 1 is 0.964 bits per heavy atom. The van der Waals surface area contributed by atoms with Gasteiger partial charge < -0.3 is 29.6 Å². The number of carbonyl (C=O) groups is 1. The summed E-state index contributed by atoms with van der Waals surface area (Å²) in [7, 11) is 3.25. The zero-order valence-electron chi connectivity index (χ0n) is 16.2. The van der Waals surface area contributed by atoms with E-state index in [0.717, 1.165) is 47.1 Å². The second-order valence-electron chi connectivity index (χ2n) is 6.40. The molecule has 2 aromatic carbocycles. The maximum absolute atomic E-state index is 12.0. The molecule has 1 aliphatic rings. The fourth-order valence-electron chi connectivity index (χ4n) is 2.94. The molecule has 0 radical (unpaired) electrons. The molecule has 0 spiro atoms. The number of hydrogen-bond donors (Lipinski definition) is 2. The summed E-state index contributed by atoms with van der Waals surface area (Å²) in [5.74, 6) is 2.93. The summed E-state index contributed by atoms with van der Waals surface area (Å²) in [6.07, 6.45) is 1.27. The molecule has 2 N–H and O–H groups in total. The second kappa shape index (κ2) is 9.85. The monoisotopic (exact) mass is 386 g/mol. The Morgan fingerprint density at radius 2 is 1.75 bits per heavy atom. The van der Waals surface area contributed by atoms with Crippen LogP contribution >= 0.6 is 0 Å². The van der Waals surface area contributed by atoms with Gasteiger partial charge in [0, 0.05) is 19.5 Å². The van der Waals surface area contributed by atoms with Crippen LogP contribution in [0.5, 0.6) is 23.0 Å². The molecule has 0 saturated carbocycles. The topological polar surface area (TPSA) is 78.1 Å². The van der Waals surface area contributed by atoms with Crippen molar-refractivity contribution in [2.45, 2.75) is 19.4 Å². The summed E-state index contributed by atoms with van der Waals surface area (Å²) < 4.78 is 21.2. The number of carbonyl (C=O) groups excluding carboxylic acids is 1. The van der Waals surface area contributed by atoms with Gasteiger partial charge in [0.15, 0.2) is 23.0 Å². The zero-order valence-corrected chi connectivity index (χ0v) is 16.2. The van der Waals surface area contributed by atoms with Crippen LogP contribution in [0, 0.1) is 0 Å². The fourth-order valence-corrected chi connectivity index (χ4v) is 2.94. The van der Waals surface area contributed by atoms with E-state index >= 15 is 0 Å². The number of fused-ring (bicyclic) bond motifs is 1. The Morgan fingerprint density at radius 3 is 2.57 bits per heavy atom. The quantitative estimate of drug-likeness (QED) is 0.610. The fraction of sp³-hybridized carbons (Fsp3) is 0.381. The van der Waals surface area contributed by atoms with Gasteiger partial charge in [0.1, 0.15) is 0 Å². The van der Waals surface area contributed by atoms with Crippen molar-refractivity contribution in [3.05, 3.63) is 47.5 Å². The van der Waals surface area contributed by atoms with Gasteiger partial charge in [0.05, 0.1) is 14.2 Å². The van der Waals surface area contributed by atoms with E-state index < -0.39 is 0 Å². The highest BCUT2D eigenvalue weighted by Gasteiger charge is 2.13. The Kier molecular flexibility index (Phi) is 6.97. The number of rotatable bonds is 10. The molecule has 3 rings (SSSR count). The lowest BCUT2D eigenvalue weighted by Crippen LogP contribution is -2.28. The predicted molar refractivity (Wildman–Crippen MR) is 105 cm³/mol. The van der Waals surface area contributed by atoms with Crippen molar-refractivity contribution < 1.29 is 23.7 Å². The van der Waals surface area contributed by atoms with E-state index in [-0.39, 0.29) is 12.7 Å². The van der Waals surface area contributed by atoms with Gasteiger partial charge in [-0.25, -0.2) is 0 Å². The molecule has 0 atom stereocenters. The van der Waals surface area contributed by atoms with Gasteiger partial charge in [-0.1, -0.05) is 12.1 Å². The highest BCUT2D eigenvalue weighted by Crippen LogP contribution is 2.32. The summed E-state index contributed by atoms with van der Waals surface area (Å²) in [5, 5.41) is 6.21. The van der Waals surface area contributed by atoms with Crippen molar-refractivity contribution >= 4 is 5.91 Å². The number of ether oxygens (including phenoxy) is 4. The van der Waals surface area contributed by atoms with Crippen LogP contribution in [0.25, 0.3) is 0 Å². The number of methoxy groups -OCH3 is 2. The standard InChI is InChI=1S/C21H26N2O5/c1-25-17-5-3-15(11-19(17)26-2)7-9-22-10-8-21(24)23-13-16-4-6-18-20(12-16)28-14-27-18/h3-6,11-12,22H,7-10,13-14H2,1-2H3,(H,23,24). The molecule has 0 saturated heterocycles. The van der Waals surface area contributed by atoms with E-state index in [1.165, 1.54) is 0 Å². The summed E-state index contributed by atoms with van der Waals surface area (Å²) in [5.41, 5.74) is 2.14. The van der Waals surface area contributed by atoms with Crippen LogP contribution in [0.2, 0.25) is 0 Å². The van der Waals surface area contributed by atoms with Crippen LogP contribution in [0.15, 0.2) is 36.4 Å². The molecule has 0 bridgehead atoms. The van der Waals surface area contributed by atoms with Crippen molar-refractivity contribution in [1.82, 2.24) is 10.6 Å². The van der Waals surface area contributed by atoms with Crippen LogP contribution in [-0.4, -0.2) is 40.0 Å². The lowest BCUT2D eigenvalue weighted by Gasteiger charge is -2.10. The first-order chi connectivity index (χ1) is 13.7. The second-order valence-corrected chi connectivity index (χ2v) is 6.40. The van der Waals surface area contributed by atoms with E-state index in [0.29, 0.717) is 19.5 Å². The van der Waals surface area contributed by atoms with Crippen LogP contribution < -0.4 is 29.6 Å². The molecule has 0 aliphatic carbocycles. The molecule has 0 unspecified atom stereocenters. The van der Waals surface area contributed by atoms with Crippen molar-refractivity contribution in [3.8, 4) is 23.0 Å². The van der Waals surface area contributed by atoms with E-state index in [2.05, 4.69) is 10.6 Å². The molecule has 0 fully saturated rings. The average molecular weight is 386 g/mol. The first kappa shape index (κ1) is 19.8. The highest BCUT2D eigenvalue weighted by atomic mass is 16.7. The van der Waals surface area contributed by atoms with Crippen molar-refractivity contribution in [1.29, 1.82) is 0 Å². The molecule has 1 amide bonds. The third-order valence-corrected chi connectivity index (χ3v) is 4.49. The Hall–Kier alpha value is -2.93. The molecule has 2 aromatic rings. The largest absolute Gasteiger partial charge is 0.493 e. The minimum absolute atomic E-state index is 0.0104. The van der Waals surface area contributed by atoms with E-state index in [4.69, 9.17) is 18.9 Å². The lowest BCUT2D eigenvalue weighted by atomic mass is 10.1. The number of benzene rings is 2. The summed E-state index contributed by atoms with van der Waals surface area (Å²) in [6.45, 7) is 2.13. The zero-order chi connectivity index (χ0) is 19.8. The molecular formula is C21H26N2O5. The molecule has 7 heteroatoms. The third kappa shape index (κ3) is 5.29. The first-order valence-electron chi connectivity index (χ1n) is 9.26. The minimum Gasteiger partial charge on any atom is -0.493 e. The van der Waals surface area contributed by atoms with Crippen molar-refractivity contribution in [3.63, 3.8) is 0 Å². The summed E-state index contributed by atoms with van der Waals surface area (Å²) in [4.78, 5) is 12.0. The SMILES string of the molecule is COc1ccc(CCNCCC(=O)NCc2ccc3c(c2)OCO3)cc1OC. The maximum atomic E-state index is 12.0. The van der Waals surface area contributed by atoms with Gasteiger partial charge in [-0.15, -0.1) is 0 Å². The Labute approximate surface area is 164 Å². The van der Waals surface area contributed by atoms with Gasteiger partial charge in [-0.05, 0) is 48.4 Å². The number of nitrogens with one attached hydrogen (secondary N) is 2. The molecule has 150 valence electrons. The Balaban J connectivity index is 1.32. The number of amides is 1. The van der Waals surface area contributed by atoms with Crippen LogP contribution in [0.1, 0.15) is 17.5 Å². The van der Waals surface area contributed by atoms with Crippen LogP contribution in [0.4, 0.5) is 0 Å². The van der Waals surface area contributed by atoms with Crippen LogP contribution in [-0.2, 0) is 17.8 Å². The van der Waals surface area contributed by atoms with E-state index in [9.17, 15) is 4.79 Å². The van der Waals surface area contributed by atoms with Gasteiger partial charge in [0.2, 0.25) is 12.7 Å². The smallest absolute Gasteiger partial charge is 0.231 e. The lowest BCUT2D eigenvalue weighted by molar-refractivity contribution is -0.121. The van der Waals surface area contributed by atoms with Crippen LogP contribution in [0.3, 0.4) is 0 Å². The predicted octanol–water partition coefficient (Wildman–Crippen LogP) is 2.27. The number of hydrogen-bond acceptors (Lipinski definition) is 6. The normalized spacial score (nSPS) is 11.9. The molecule has 0 aromatic heterocycles. The maximum Gasteiger partial charge on any atom is 0.231 e. The third-order valence-electron chi connectivity index (χ3n) is 4.49. The summed E-state index contributed by atoms with van der Waals surface area (Å²) >= 11 is 0. The molecular weight excluding hydrogens is 360 g/mol. The highest BCUT2D eigenvalue weighted by molar-refractivity contribution is 5.76. The van der Waals surface area contributed by atoms with Gasteiger partial charge in [-0.3, -0.25) is 4.79 Å². The average Bonchev–Trinajstić information content (AvgIpc) is 3.19. The van der Waals surface area contributed by atoms with Crippen molar-refractivity contribution in [2.24, 2.45) is 0 Å². The summed E-state index contributed by atoms with van der Waals surface area (Å²) in [6, 6.07) is 11.6.